The second-order valence-corrected chi connectivity index (χ2v) is 7.99. The number of allylic oxidation sites excluding steroid dienone is 1. The van der Waals surface area contributed by atoms with Crippen molar-refractivity contribution < 1.29 is 9.47 Å². The average Bonchev–Trinajstić information content (AvgIpc) is 3.13. The Balaban J connectivity index is 2.54. The molecule has 1 saturated heterocycles. The summed E-state index contributed by atoms with van der Waals surface area (Å²) >= 11 is 0. The van der Waals surface area contributed by atoms with E-state index in [0.29, 0.717) is 19.9 Å². The summed E-state index contributed by atoms with van der Waals surface area (Å²) in [7, 11) is 0. The first kappa shape index (κ1) is 22.2. The van der Waals surface area contributed by atoms with Crippen molar-refractivity contribution in [3.8, 4) is 0 Å². The van der Waals surface area contributed by atoms with E-state index in [1.807, 2.05) is 0 Å². The minimum atomic E-state index is -0.610. The van der Waals surface area contributed by atoms with Gasteiger partial charge in [-0.3, -0.25) is 0 Å². The summed E-state index contributed by atoms with van der Waals surface area (Å²) in [5, 5.41) is 0. The number of ether oxygens (including phenoxy) is 2. The van der Waals surface area contributed by atoms with Crippen molar-refractivity contribution in [3.63, 3.8) is 0 Å². The Kier molecular flexibility index (Phi) is 9.65. The van der Waals surface area contributed by atoms with Crippen LogP contribution in [0.4, 0.5) is 0 Å². The molecule has 1 fully saturated rings. The van der Waals surface area contributed by atoms with Crippen molar-refractivity contribution in [1.29, 1.82) is 0 Å². The van der Waals surface area contributed by atoms with Crippen LogP contribution >= 0.6 is 0 Å². The van der Waals surface area contributed by atoms with Gasteiger partial charge >= 0.3 is 0 Å². The van der Waals surface area contributed by atoms with Crippen LogP contribution in [0.5, 0.6) is 0 Å². The molecular weight excluding hydrogens is 331 g/mol. The molecule has 0 radical (unpaired) electrons. The van der Waals surface area contributed by atoms with Gasteiger partial charge in [-0.2, -0.15) is 0 Å². The van der Waals surface area contributed by atoms with E-state index in [2.05, 4.69) is 58.0 Å². The fraction of sp³-hybridized carbons (Fsp3) is 0.667. The second kappa shape index (κ2) is 11.7. The van der Waals surface area contributed by atoms with Crippen LogP contribution in [0.25, 0.3) is 5.57 Å². The summed E-state index contributed by atoms with van der Waals surface area (Å²) < 4.78 is 12.4. The van der Waals surface area contributed by atoms with Gasteiger partial charge in [0.25, 0.3) is 0 Å². The molecule has 0 aliphatic carbocycles. The lowest BCUT2D eigenvalue weighted by atomic mass is 9.37. The molecule has 2 rings (SSSR count). The standard InChI is InChI=1S/C24H39BO2/c1-5-8-16-22(25(17-9-6-2)18-10-7-3)23(21-14-12-11-13-15-21)24(4)26-19-20-27-24/h11-15H,5-10,16-20H2,1-4H3/b23-22-. The highest BCUT2D eigenvalue weighted by molar-refractivity contribution is 6.68. The molecule has 0 spiro atoms. The molecule has 0 bridgehead atoms. The number of hydrogen-bond donors (Lipinski definition) is 0. The number of unbranched alkanes of at least 4 members (excludes halogenated alkanes) is 3. The van der Waals surface area contributed by atoms with Crippen LogP contribution in [-0.4, -0.2) is 25.7 Å². The quantitative estimate of drug-likeness (QED) is 0.368. The van der Waals surface area contributed by atoms with Crippen molar-refractivity contribution in [2.75, 3.05) is 13.2 Å². The molecule has 1 heterocycles. The third kappa shape index (κ3) is 6.22. The topological polar surface area (TPSA) is 18.5 Å². The molecule has 0 amide bonds. The Morgan fingerprint density at radius 1 is 0.889 bits per heavy atom. The largest absolute Gasteiger partial charge is 0.344 e. The lowest BCUT2D eigenvalue weighted by molar-refractivity contribution is -0.0906. The molecule has 0 N–H and O–H groups in total. The van der Waals surface area contributed by atoms with Crippen LogP contribution in [-0.2, 0) is 9.47 Å². The van der Waals surface area contributed by atoms with Gasteiger partial charge in [0.2, 0.25) is 0 Å². The summed E-state index contributed by atoms with van der Waals surface area (Å²) in [6.07, 6.45) is 11.3. The van der Waals surface area contributed by atoms with E-state index >= 15 is 0 Å². The van der Waals surface area contributed by atoms with Crippen molar-refractivity contribution in [1.82, 2.24) is 0 Å². The highest BCUT2D eigenvalue weighted by Crippen LogP contribution is 2.40. The molecule has 1 aliphatic heterocycles. The van der Waals surface area contributed by atoms with E-state index < -0.39 is 5.79 Å². The number of hydrogen-bond acceptors (Lipinski definition) is 2. The predicted octanol–water partition coefficient (Wildman–Crippen LogP) is 7.03. The van der Waals surface area contributed by atoms with Gasteiger partial charge in [0.1, 0.15) is 0 Å². The van der Waals surface area contributed by atoms with Gasteiger partial charge in [0.05, 0.1) is 13.2 Å². The Morgan fingerprint density at radius 3 is 1.96 bits per heavy atom. The Labute approximate surface area is 167 Å². The third-order valence-electron chi connectivity index (χ3n) is 5.78. The van der Waals surface area contributed by atoms with Crippen LogP contribution in [0.2, 0.25) is 12.6 Å². The van der Waals surface area contributed by atoms with Crippen molar-refractivity contribution in [3.05, 3.63) is 41.4 Å². The molecule has 1 aromatic rings. The maximum absolute atomic E-state index is 6.20. The fourth-order valence-corrected chi connectivity index (χ4v) is 4.30. The minimum absolute atomic E-state index is 0.610. The zero-order valence-corrected chi connectivity index (χ0v) is 18.1. The van der Waals surface area contributed by atoms with Gasteiger partial charge in [-0.05, 0) is 18.9 Å². The van der Waals surface area contributed by atoms with E-state index in [1.165, 1.54) is 62.3 Å². The van der Waals surface area contributed by atoms with E-state index in [-0.39, 0.29) is 0 Å². The summed E-state index contributed by atoms with van der Waals surface area (Å²) in [4.78, 5) is 0. The SMILES string of the molecule is CCCCB(CCCC)/C(CCCC)=C(/c1ccccc1)C1(C)OCCO1. The molecule has 0 saturated carbocycles. The highest BCUT2D eigenvalue weighted by atomic mass is 16.7. The summed E-state index contributed by atoms with van der Waals surface area (Å²) in [5.41, 5.74) is 4.17. The van der Waals surface area contributed by atoms with Crippen LogP contribution in [0.15, 0.2) is 35.8 Å². The van der Waals surface area contributed by atoms with Gasteiger partial charge in [0, 0.05) is 5.57 Å². The average molecular weight is 370 g/mol. The second-order valence-electron chi connectivity index (χ2n) is 7.99. The zero-order valence-electron chi connectivity index (χ0n) is 18.1. The van der Waals surface area contributed by atoms with Crippen LogP contribution < -0.4 is 0 Å². The minimum Gasteiger partial charge on any atom is -0.344 e. The zero-order chi connectivity index (χ0) is 19.5. The van der Waals surface area contributed by atoms with E-state index in [9.17, 15) is 0 Å². The predicted molar refractivity (Wildman–Crippen MR) is 118 cm³/mol. The molecule has 150 valence electrons. The lowest BCUT2D eigenvalue weighted by Crippen LogP contribution is -2.32. The van der Waals surface area contributed by atoms with Gasteiger partial charge in [0.15, 0.2) is 12.5 Å². The van der Waals surface area contributed by atoms with Gasteiger partial charge < -0.3 is 9.47 Å². The van der Waals surface area contributed by atoms with Crippen molar-refractivity contribution in [2.45, 2.75) is 91.1 Å². The molecule has 0 aromatic heterocycles. The van der Waals surface area contributed by atoms with Crippen LogP contribution in [0.1, 0.15) is 78.2 Å². The molecule has 3 heteroatoms. The fourth-order valence-electron chi connectivity index (χ4n) is 4.30. The maximum Gasteiger partial charge on any atom is 0.191 e. The monoisotopic (exact) mass is 370 g/mol. The Hall–Kier alpha value is -1.06. The third-order valence-corrected chi connectivity index (χ3v) is 5.78. The van der Waals surface area contributed by atoms with Gasteiger partial charge in [-0.1, -0.05) is 108 Å². The first-order valence-corrected chi connectivity index (χ1v) is 11.2. The Morgan fingerprint density at radius 2 is 1.44 bits per heavy atom. The molecule has 2 nitrogen and oxygen atoms in total. The van der Waals surface area contributed by atoms with Crippen molar-refractivity contribution in [2.24, 2.45) is 0 Å². The van der Waals surface area contributed by atoms with Crippen LogP contribution in [0, 0.1) is 0 Å². The molecule has 1 aliphatic rings. The molecular formula is C24H39BO2. The highest BCUT2D eigenvalue weighted by Gasteiger charge is 2.39. The maximum atomic E-state index is 6.20. The molecule has 0 atom stereocenters. The van der Waals surface area contributed by atoms with E-state index in [1.54, 1.807) is 5.47 Å². The molecule has 1 aromatic carbocycles. The molecule has 0 unspecified atom stereocenters. The van der Waals surface area contributed by atoms with E-state index in [0.717, 1.165) is 6.42 Å². The van der Waals surface area contributed by atoms with Gasteiger partial charge in [-0.25, -0.2) is 0 Å². The van der Waals surface area contributed by atoms with Gasteiger partial charge in [-0.15, -0.1) is 0 Å². The van der Waals surface area contributed by atoms with Crippen molar-refractivity contribution >= 4 is 12.3 Å². The number of benzene rings is 1. The first-order chi connectivity index (χ1) is 13.2. The summed E-state index contributed by atoms with van der Waals surface area (Å²) in [5.74, 6) is -0.610. The summed E-state index contributed by atoms with van der Waals surface area (Å²) in [6.45, 7) is 11.0. The Bertz CT molecular complexity index is 553. The normalized spacial score (nSPS) is 17.0. The summed E-state index contributed by atoms with van der Waals surface area (Å²) in [6, 6.07) is 10.8. The van der Waals surface area contributed by atoms with Crippen LogP contribution in [0.3, 0.4) is 0 Å². The molecule has 27 heavy (non-hydrogen) atoms. The van der Waals surface area contributed by atoms with E-state index in [4.69, 9.17) is 9.47 Å². The number of rotatable bonds is 12. The first-order valence-electron chi connectivity index (χ1n) is 11.2. The smallest absolute Gasteiger partial charge is 0.191 e. The lowest BCUT2D eigenvalue weighted by Gasteiger charge is -2.32.